The Morgan fingerprint density at radius 1 is 1.13 bits per heavy atom. The van der Waals surface area contributed by atoms with Gasteiger partial charge in [-0.1, -0.05) is 0 Å². The lowest BCUT2D eigenvalue weighted by Gasteiger charge is -2.22. The summed E-state index contributed by atoms with van der Waals surface area (Å²) >= 11 is 0. The van der Waals surface area contributed by atoms with Crippen molar-refractivity contribution in [3.63, 3.8) is 0 Å². The van der Waals surface area contributed by atoms with Gasteiger partial charge in [0.15, 0.2) is 11.5 Å². The number of rotatable bonds is 6. The molecule has 1 fully saturated rings. The average molecular weight is 322 g/mol. The number of carbonyl (C=O) groups is 1. The zero-order valence-corrected chi connectivity index (χ0v) is 14.4. The van der Waals surface area contributed by atoms with Gasteiger partial charge in [0.2, 0.25) is 11.7 Å². The van der Waals surface area contributed by atoms with Crippen LogP contribution in [0.3, 0.4) is 0 Å². The van der Waals surface area contributed by atoms with Crippen LogP contribution in [0.5, 0.6) is 17.2 Å². The molecule has 128 valence electrons. The predicted octanol–water partition coefficient (Wildman–Crippen LogP) is 1.54. The Morgan fingerprint density at radius 3 is 2.22 bits per heavy atom. The van der Waals surface area contributed by atoms with Crippen LogP contribution in [0, 0.1) is 5.92 Å². The number of methoxy groups -OCH3 is 3. The van der Waals surface area contributed by atoms with Crippen LogP contribution in [0.25, 0.3) is 0 Å². The van der Waals surface area contributed by atoms with Gasteiger partial charge in [-0.15, -0.1) is 0 Å². The standard InChI is InChI=1S/C17H26N2O4/c1-10(2)19-17(20)13-9-18-8-12(13)11-6-14(21-3)16(23-5)15(7-11)22-4/h6-7,10,12-13,18H,8-9H2,1-5H3,(H,19,20). The molecule has 23 heavy (non-hydrogen) atoms. The third kappa shape index (κ3) is 3.69. The molecule has 1 saturated heterocycles. The molecule has 1 amide bonds. The molecule has 0 bridgehead atoms. The zero-order chi connectivity index (χ0) is 17.0. The molecule has 0 spiro atoms. The van der Waals surface area contributed by atoms with Crippen LogP contribution < -0.4 is 24.8 Å². The van der Waals surface area contributed by atoms with Crippen molar-refractivity contribution in [1.82, 2.24) is 10.6 Å². The van der Waals surface area contributed by atoms with Crippen LogP contribution in [0.15, 0.2) is 12.1 Å². The smallest absolute Gasteiger partial charge is 0.225 e. The molecular formula is C17H26N2O4. The molecule has 1 aliphatic heterocycles. The van der Waals surface area contributed by atoms with E-state index >= 15 is 0 Å². The van der Waals surface area contributed by atoms with Crippen molar-refractivity contribution in [2.45, 2.75) is 25.8 Å². The van der Waals surface area contributed by atoms with E-state index in [1.165, 1.54) is 0 Å². The fraction of sp³-hybridized carbons (Fsp3) is 0.588. The summed E-state index contributed by atoms with van der Waals surface area (Å²) in [6, 6.07) is 3.98. The molecule has 6 heteroatoms. The third-order valence-electron chi connectivity index (χ3n) is 4.10. The number of hydrogen-bond acceptors (Lipinski definition) is 5. The van der Waals surface area contributed by atoms with E-state index in [9.17, 15) is 4.79 Å². The van der Waals surface area contributed by atoms with Crippen molar-refractivity contribution in [3.8, 4) is 17.2 Å². The maximum atomic E-state index is 12.4. The highest BCUT2D eigenvalue weighted by Gasteiger charge is 2.35. The van der Waals surface area contributed by atoms with E-state index in [4.69, 9.17) is 14.2 Å². The Morgan fingerprint density at radius 2 is 1.74 bits per heavy atom. The summed E-state index contributed by atoms with van der Waals surface area (Å²) in [6.45, 7) is 5.35. The van der Waals surface area contributed by atoms with Crippen molar-refractivity contribution in [2.75, 3.05) is 34.4 Å². The van der Waals surface area contributed by atoms with Gasteiger partial charge in [0, 0.05) is 25.0 Å². The molecule has 0 aliphatic carbocycles. The molecule has 1 aromatic rings. The fourth-order valence-corrected chi connectivity index (χ4v) is 3.01. The first-order chi connectivity index (χ1) is 11.0. The molecule has 2 N–H and O–H groups in total. The van der Waals surface area contributed by atoms with Gasteiger partial charge >= 0.3 is 0 Å². The molecule has 0 radical (unpaired) electrons. The number of benzene rings is 1. The highest BCUT2D eigenvalue weighted by molar-refractivity contribution is 5.80. The fourth-order valence-electron chi connectivity index (χ4n) is 3.01. The van der Waals surface area contributed by atoms with Crippen molar-refractivity contribution in [1.29, 1.82) is 0 Å². The van der Waals surface area contributed by atoms with Gasteiger partial charge in [0.25, 0.3) is 0 Å². The molecule has 6 nitrogen and oxygen atoms in total. The minimum atomic E-state index is -0.111. The second-order valence-corrected chi connectivity index (χ2v) is 5.99. The van der Waals surface area contributed by atoms with Gasteiger partial charge < -0.3 is 24.8 Å². The SMILES string of the molecule is COc1cc(C2CNCC2C(=O)NC(C)C)cc(OC)c1OC. The summed E-state index contributed by atoms with van der Waals surface area (Å²) in [6.07, 6.45) is 0. The van der Waals surface area contributed by atoms with E-state index in [2.05, 4.69) is 10.6 Å². The Kier molecular flexibility index (Phi) is 5.71. The molecular weight excluding hydrogens is 296 g/mol. The lowest BCUT2D eigenvalue weighted by atomic mass is 9.87. The minimum absolute atomic E-state index is 0.0717. The van der Waals surface area contributed by atoms with Crippen LogP contribution in [-0.2, 0) is 4.79 Å². The summed E-state index contributed by atoms with van der Waals surface area (Å²) in [4.78, 5) is 12.4. The second kappa shape index (κ2) is 7.55. The van der Waals surface area contributed by atoms with E-state index in [0.29, 0.717) is 23.8 Å². The van der Waals surface area contributed by atoms with Crippen LogP contribution in [0.2, 0.25) is 0 Å². The Hall–Kier alpha value is -1.95. The largest absolute Gasteiger partial charge is 0.493 e. The lowest BCUT2D eigenvalue weighted by molar-refractivity contribution is -0.125. The molecule has 2 atom stereocenters. The van der Waals surface area contributed by atoms with E-state index in [1.807, 2.05) is 26.0 Å². The molecule has 0 aromatic heterocycles. The number of ether oxygens (including phenoxy) is 3. The topological polar surface area (TPSA) is 68.8 Å². The molecule has 2 unspecified atom stereocenters. The average Bonchev–Trinajstić information content (AvgIpc) is 3.02. The maximum absolute atomic E-state index is 12.4. The van der Waals surface area contributed by atoms with Gasteiger partial charge in [-0.05, 0) is 31.5 Å². The Bertz CT molecular complexity index is 535. The van der Waals surface area contributed by atoms with Gasteiger partial charge in [0.05, 0.1) is 27.2 Å². The third-order valence-corrected chi connectivity index (χ3v) is 4.10. The van der Waals surface area contributed by atoms with E-state index < -0.39 is 0 Å². The second-order valence-electron chi connectivity index (χ2n) is 5.99. The molecule has 2 rings (SSSR count). The van der Waals surface area contributed by atoms with Gasteiger partial charge in [-0.3, -0.25) is 4.79 Å². The summed E-state index contributed by atoms with van der Waals surface area (Å²) in [5.74, 6) is 1.81. The highest BCUT2D eigenvalue weighted by atomic mass is 16.5. The summed E-state index contributed by atoms with van der Waals surface area (Å²) in [7, 11) is 4.77. The zero-order valence-electron chi connectivity index (χ0n) is 14.4. The molecule has 0 saturated carbocycles. The van der Waals surface area contributed by atoms with Crippen LogP contribution in [0.1, 0.15) is 25.3 Å². The summed E-state index contributed by atoms with van der Waals surface area (Å²) in [5.41, 5.74) is 1.01. The molecule has 1 aromatic carbocycles. The first-order valence-corrected chi connectivity index (χ1v) is 7.82. The normalized spacial score (nSPS) is 20.4. The van der Waals surface area contributed by atoms with Gasteiger partial charge in [-0.2, -0.15) is 0 Å². The summed E-state index contributed by atoms with van der Waals surface area (Å²) < 4.78 is 16.2. The van der Waals surface area contributed by atoms with E-state index in [-0.39, 0.29) is 23.8 Å². The minimum Gasteiger partial charge on any atom is -0.493 e. The number of amides is 1. The first-order valence-electron chi connectivity index (χ1n) is 7.82. The maximum Gasteiger partial charge on any atom is 0.225 e. The highest BCUT2D eigenvalue weighted by Crippen LogP contribution is 2.42. The van der Waals surface area contributed by atoms with Crippen molar-refractivity contribution >= 4 is 5.91 Å². The predicted molar refractivity (Wildman–Crippen MR) is 88.5 cm³/mol. The summed E-state index contributed by atoms with van der Waals surface area (Å²) in [5, 5.41) is 6.30. The molecule has 1 heterocycles. The first kappa shape index (κ1) is 17.4. The van der Waals surface area contributed by atoms with Crippen LogP contribution >= 0.6 is 0 Å². The van der Waals surface area contributed by atoms with Gasteiger partial charge in [-0.25, -0.2) is 0 Å². The Labute approximate surface area is 137 Å². The monoisotopic (exact) mass is 322 g/mol. The van der Waals surface area contributed by atoms with Crippen molar-refractivity contribution in [3.05, 3.63) is 17.7 Å². The van der Waals surface area contributed by atoms with Crippen LogP contribution in [-0.4, -0.2) is 46.4 Å². The van der Waals surface area contributed by atoms with Crippen LogP contribution in [0.4, 0.5) is 0 Å². The number of hydrogen-bond donors (Lipinski definition) is 2. The quantitative estimate of drug-likeness (QED) is 0.831. The number of nitrogens with one attached hydrogen (secondary N) is 2. The van der Waals surface area contributed by atoms with E-state index in [1.54, 1.807) is 21.3 Å². The lowest BCUT2D eigenvalue weighted by Crippen LogP contribution is -2.38. The van der Waals surface area contributed by atoms with Gasteiger partial charge in [0.1, 0.15) is 0 Å². The number of carbonyl (C=O) groups excluding carboxylic acids is 1. The van der Waals surface area contributed by atoms with E-state index in [0.717, 1.165) is 12.1 Å². The molecule has 1 aliphatic rings. The Balaban J connectivity index is 2.34. The van der Waals surface area contributed by atoms with Crippen molar-refractivity contribution in [2.24, 2.45) is 5.92 Å². The van der Waals surface area contributed by atoms with Crippen molar-refractivity contribution < 1.29 is 19.0 Å².